The number of rotatable bonds is 3. The Hall–Kier alpha value is -0.510. The number of benzene rings is 1. The molecule has 0 unspecified atom stereocenters. The highest BCUT2D eigenvalue weighted by molar-refractivity contribution is 7.91. The molecule has 0 aliphatic heterocycles. The van der Waals surface area contributed by atoms with E-state index < -0.39 is 9.84 Å². The van der Waals surface area contributed by atoms with Crippen molar-refractivity contribution in [1.82, 2.24) is 0 Å². The highest BCUT2D eigenvalue weighted by Crippen LogP contribution is 2.29. The van der Waals surface area contributed by atoms with Gasteiger partial charge in [0.05, 0.1) is 20.7 Å². The van der Waals surface area contributed by atoms with Crippen molar-refractivity contribution in [3.05, 3.63) is 40.9 Å². The minimum atomic E-state index is -3.40. The van der Waals surface area contributed by atoms with Gasteiger partial charge < -0.3 is 0 Å². The van der Waals surface area contributed by atoms with Gasteiger partial charge in [-0.3, -0.25) is 0 Å². The van der Waals surface area contributed by atoms with Gasteiger partial charge in [-0.15, -0.1) is 6.58 Å². The third-order valence-corrected chi connectivity index (χ3v) is 4.20. The van der Waals surface area contributed by atoms with Gasteiger partial charge in [0, 0.05) is 0 Å². The molecule has 5 heteroatoms. The molecule has 0 atom stereocenters. The summed E-state index contributed by atoms with van der Waals surface area (Å²) in [6.07, 6.45) is 1.31. The van der Waals surface area contributed by atoms with Crippen LogP contribution in [0.5, 0.6) is 0 Å². The summed E-state index contributed by atoms with van der Waals surface area (Å²) in [6.45, 7) is 3.37. The minimum absolute atomic E-state index is 0.0477. The molecule has 76 valence electrons. The fourth-order valence-corrected chi connectivity index (χ4v) is 2.84. The lowest BCUT2D eigenvalue weighted by atomic mass is 10.4. The first-order valence-corrected chi connectivity index (χ1v) is 6.17. The summed E-state index contributed by atoms with van der Waals surface area (Å²) in [5, 5.41) is 0.299. The van der Waals surface area contributed by atoms with Crippen LogP contribution < -0.4 is 0 Å². The molecule has 0 saturated heterocycles. The molecule has 1 aromatic carbocycles. The lowest BCUT2D eigenvalue weighted by Crippen LogP contribution is -2.05. The molecule has 0 aromatic heterocycles. The van der Waals surface area contributed by atoms with Crippen molar-refractivity contribution in [2.24, 2.45) is 0 Å². The van der Waals surface area contributed by atoms with E-state index >= 15 is 0 Å². The maximum absolute atomic E-state index is 11.6. The van der Waals surface area contributed by atoms with E-state index in [1.165, 1.54) is 18.2 Å². The minimum Gasteiger partial charge on any atom is -0.223 e. The SMILES string of the molecule is C=CCS(=O)(=O)c1cccc(Cl)c1Cl. The van der Waals surface area contributed by atoms with Crippen LogP contribution in [0.25, 0.3) is 0 Å². The smallest absolute Gasteiger partial charge is 0.183 e. The summed E-state index contributed by atoms with van der Waals surface area (Å²) < 4.78 is 23.2. The van der Waals surface area contributed by atoms with E-state index in [0.29, 0.717) is 0 Å². The van der Waals surface area contributed by atoms with Crippen molar-refractivity contribution >= 4 is 33.0 Å². The van der Waals surface area contributed by atoms with Crippen LogP contribution in [0.4, 0.5) is 0 Å². The molecule has 0 N–H and O–H groups in total. The van der Waals surface area contributed by atoms with Crippen LogP contribution in [0.3, 0.4) is 0 Å². The molecule has 2 nitrogen and oxygen atoms in total. The van der Waals surface area contributed by atoms with Gasteiger partial charge in [0.1, 0.15) is 0 Å². The Morgan fingerprint density at radius 2 is 2.00 bits per heavy atom. The summed E-state index contributed by atoms with van der Waals surface area (Å²) in [7, 11) is -3.40. The molecular weight excluding hydrogens is 243 g/mol. The molecule has 0 bridgehead atoms. The van der Waals surface area contributed by atoms with E-state index in [2.05, 4.69) is 6.58 Å². The highest BCUT2D eigenvalue weighted by atomic mass is 35.5. The monoisotopic (exact) mass is 250 g/mol. The molecule has 1 aromatic rings. The topological polar surface area (TPSA) is 34.1 Å². The lowest BCUT2D eigenvalue weighted by Gasteiger charge is -2.04. The van der Waals surface area contributed by atoms with Crippen molar-refractivity contribution in [3.8, 4) is 0 Å². The zero-order valence-corrected chi connectivity index (χ0v) is 9.53. The molecule has 0 aliphatic rings. The van der Waals surface area contributed by atoms with Crippen molar-refractivity contribution < 1.29 is 8.42 Å². The van der Waals surface area contributed by atoms with Gasteiger partial charge in [-0.25, -0.2) is 8.42 Å². The van der Waals surface area contributed by atoms with E-state index in [1.54, 1.807) is 6.07 Å². The second-order valence-corrected chi connectivity index (χ2v) is 5.41. The van der Waals surface area contributed by atoms with Crippen LogP contribution in [0.2, 0.25) is 10.0 Å². The number of hydrogen-bond acceptors (Lipinski definition) is 2. The molecule has 14 heavy (non-hydrogen) atoms. The molecule has 0 fully saturated rings. The summed E-state index contributed by atoms with van der Waals surface area (Å²) in [6, 6.07) is 4.51. The Kier molecular flexibility index (Phi) is 3.59. The highest BCUT2D eigenvalue weighted by Gasteiger charge is 2.17. The average Bonchev–Trinajstić information content (AvgIpc) is 2.09. The molecule has 0 saturated carbocycles. The summed E-state index contributed by atoms with van der Waals surface area (Å²) >= 11 is 11.5. The van der Waals surface area contributed by atoms with Gasteiger partial charge in [-0.05, 0) is 12.1 Å². The van der Waals surface area contributed by atoms with Crippen molar-refractivity contribution in [2.75, 3.05) is 5.75 Å². The quantitative estimate of drug-likeness (QED) is 0.774. The summed E-state index contributed by atoms with van der Waals surface area (Å²) in [5.74, 6) is -0.146. The van der Waals surface area contributed by atoms with Crippen molar-refractivity contribution in [1.29, 1.82) is 0 Å². The second kappa shape index (κ2) is 4.34. The third kappa shape index (κ3) is 2.29. The molecule has 0 amide bonds. The predicted molar refractivity (Wildman–Crippen MR) is 58.7 cm³/mol. The standard InChI is InChI=1S/C9H8Cl2O2S/c1-2-6-14(12,13)8-5-3-4-7(10)9(8)11/h2-5H,1,6H2. The first-order valence-electron chi connectivity index (χ1n) is 3.76. The number of halogens is 2. The molecular formula is C9H8Cl2O2S. The van der Waals surface area contributed by atoms with Crippen LogP contribution in [0.1, 0.15) is 0 Å². The first kappa shape index (κ1) is 11.6. The first-order chi connectivity index (χ1) is 6.49. The Labute approximate surface area is 93.1 Å². The van der Waals surface area contributed by atoms with Gasteiger partial charge in [0.15, 0.2) is 9.84 Å². The number of sulfone groups is 1. The molecule has 0 aliphatic carbocycles. The van der Waals surface area contributed by atoms with E-state index in [1.807, 2.05) is 0 Å². The summed E-state index contributed by atoms with van der Waals surface area (Å²) in [4.78, 5) is 0.0477. The van der Waals surface area contributed by atoms with Gasteiger partial charge in [0.25, 0.3) is 0 Å². The fraction of sp³-hybridized carbons (Fsp3) is 0.111. The summed E-state index contributed by atoms with van der Waals surface area (Å²) in [5.41, 5.74) is 0. The van der Waals surface area contributed by atoms with Crippen molar-refractivity contribution in [2.45, 2.75) is 4.90 Å². The Bertz CT molecular complexity index is 452. The molecule has 0 spiro atoms. The van der Waals surface area contributed by atoms with Gasteiger partial charge in [-0.2, -0.15) is 0 Å². The lowest BCUT2D eigenvalue weighted by molar-refractivity contribution is 0.599. The van der Waals surface area contributed by atoms with Crippen LogP contribution in [-0.2, 0) is 9.84 Å². The van der Waals surface area contributed by atoms with E-state index in [0.717, 1.165) is 0 Å². The molecule has 0 radical (unpaired) electrons. The second-order valence-electron chi connectivity index (χ2n) is 2.62. The van der Waals surface area contributed by atoms with E-state index in [9.17, 15) is 8.42 Å². The third-order valence-electron chi connectivity index (χ3n) is 1.59. The maximum Gasteiger partial charge on any atom is 0.183 e. The van der Waals surface area contributed by atoms with Crippen LogP contribution >= 0.6 is 23.2 Å². The Morgan fingerprint density at radius 3 is 2.57 bits per heavy atom. The Morgan fingerprint density at radius 1 is 1.36 bits per heavy atom. The van der Waals surface area contributed by atoms with Crippen LogP contribution in [-0.4, -0.2) is 14.2 Å². The number of hydrogen-bond donors (Lipinski definition) is 0. The zero-order valence-electron chi connectivity index (χ0n) is 7.20. The molecule has 0 heterocycles. The van der Waals surface area contributed by atoms with Gasteiger partial charge in [-0.1, -0.05) is 35.3 Å². The normalized spacial score (nSPS) is 11.3. The fourth-order valence-electron chi connectivity index (χ4n) is 0.969. The average molecular weight is 251 g/mol. The molecule has 1 rings (SSSR count). The van der Waals surface area contributed by atoms with E-state index in [4.69, 9.17) is 23.2 Å². The predicted octanol–water partition coefficient (Wildman–Crippen LogP) is 2.95. The van der Waals surface area contributed by atoms with Gasteiger partial charge in [0.2, 0.25) is 0 Å². The van der Waals surface area contributed by atoms with Crippen LogP contribution in [0, 0.1) is 0 Å². The van der Waals surface area contributed by atoms with Crippen molar-refractivity contribution in [3.63, 3.8) is 0 Å². The van der Waals surface area contributed by atoms with Crippen LogP contribution in [0.15, 0.2) is 35.7 Å². The van der Waals surface area contributed by atoms with Gasteiger partial charge >= 0.3 is 0 Å². The Balaban J connectivity index is 3.33. The zero-order chi connectivity index (χ0) is 10.8. The van der Waals surface area contributed by atoms with E-state index in [-0.39, 0.29) is 20.7 Å². The maximum atomic E-state index is 11.6. The largest absolute Gasteiger partial charge is 0.223 e.